The molecule has 3 heterocycles. The van der Waals surface area contributed by atoms with Gasteiger partial charge < -0.3 is 9.64 Å². The molecule has 0 atom stereocenters. The molecule has 1 fully saturated rings. The van der Waals surface area contributed by atoms with Gasteiger partial charge in [0.25, 0.3) is 5.88 Å². The SMILES string of the molecule is CCn1cc(C2CCN(c3nccnc3OC)CC2)cn1. The zero-order valence-electron chi connectivity index (χ0n) is 12.6. The van der Waals surface area contributed by atoms with Crippen LogP contribution < -0.4 is 9.64 Å². The second-order valence-corrected chi connectivity index (χ2v) is 5.28. The molecule has 1 aliphatic heterocycles. The predicted molar refractivity (Wildman–Crippen MR) is 80.7 cm³/mol. The molecule has 2 aromatic heterocycles. The molecule has 6 heteroatoms. The third-order valence-corrected chi connectivity index (χ3v) is 4.08. The number of ether oxygens (including phenoxy) is 1. The normalized spacial score (nSPS) is 16.2. The minimum atomic E-state index is 0.587. The Hall–Kier alpha value is -2.11. The Morgan fingerprint density at radius 3 is 2.67 bits per heavy atom. The molecule has 0 aromatic carbocycles. The van der Waals surface area contributed by atoms with Crippen LogP contribution in [0, 0.1) is 0 Å². The second-order valence-electron chi connectivity index (χ2n) is 5.28. The van der Waals surface area contributed by atoms with E-state index in [-0.39, 0.29) is 0 Å². The summed E-state index contributed by atoms with van der Waals surface area (Å²) in [5.74, 6) is 2.04. The first kappa shape index (κ1) is 13.9. The number of piperidine rings is 1. The zero-order valence-corrected chi connectivity index (χ0v) is 12.6. The van der Waals surface area contributed by atoms with Crippen molar-refractivity contribution in [1.82, 2.24) is 19.7 Å². The summed E-state index contributed by atoms with van der Waals surface area (Å²) in [7, 11) is 1.64. The van der Waals surface area contributed by atoms with E-state index < -0.39 is 0 Å². The highest BCUT2D eigenvalue weighted by Gasteiger charge is 2.24. The van der Waals surface area contributed by atoms with Gasteiger partial charge in [0.15, 0.2) is 5.82 Å². The quantitative estimate of drug-likeness (QED) is 0.862. The lowest BCUT2D eigenvalue weighted by molar-refractivity contribution is 0.392. The van der Waals surface area contributed by atoms with Crippen LogP contribution in [-0.4, -0.2) is 39.9 Å². The van der Waals surface area contributed by atoms with Crippen molar-refractivity contribution in [2.75, 3.05) is 25.1 Å². The van der Waals surface area contributed by atoms with E-state index in [1.54, 1.807) is 19.5 Å². The molecule has 6 nitrogen and oxygen atoms in total. The minimum Gasteiger partial charge on any atom is -0.478 e. The van der Waals surface area contributed by atoms with Crippen molar-refractivity contribution in [1.29, 1.82) is 0 Å². The minimum absolute atomic E-state index is 0.587. The maximum Gasteiger partial charge on any atom is 0.257 e. The Morgan fingerprint density at radius 1 is 1.24 bits per heavy atom. The largest absolute Gasteiger partial charge is 0.478 e. The molecular formula is C15H21N5O. The number of hydrogen-bond donors (Lipinski definition) is 0. The fourth-order valence-corrected chi connectivity index (χ4v) is 2.87. The van der Waals surface area contributed by atoms with E-state index in [2.05, 4.69) is 33.1 Å². The monoisotopic (exact) mass is 287 g/mol. The van der Waals surface area contributed by atoms with Gasteiger partial charge in [0.2, 0.25) is 0 Å². The molecule has 3 rings (SSSR count). The Bertz CT molecular complexity index is 589. The average molecular weight is 287 g/mol. The van der Waals surface area contributed by atoms with Crippen molar-refractivity contribution in [3.05, 3.63) is 30.4 Å². The topological polar surface area (TPSA) is 56.1 Å². The molecule has 2 aromatic rings. The van der Waals surface area contributed by atoms with Gasteiger partial charge in [-0.05, 0) is 31.2 Å². The summed E-state index contributed by atoms with van der Waals surface area (Å²) in [4.78, 5) is 10.9. The van der Waals surface area contributed by atoms with Crippen LogP contribution in [0.2, 0.25) is 0 Å². The maximum absolute atomic E-state index is 5.30. The lowest BCUT2D eigenvalue weighted by Crippen LogP contribution is -2.33. The smallest absolute Gasteiger partial charge is 0.257 e. The van der Waals surface area contributed by atoms with E-state index in [1.165, 1.54) is 5.56 Å². The van der Waals surface area contributed by atoms with Gasteiger partial charge in [-0.3, -0.25) is 4.68 Å². The zero-order chi connectivity index (χ0) is 14.7. The molecule has 1 aliphatic rings. The first-order valence-corrected chi connectivity index (χ1v) is 7.44. The van der Waals surface area contributed by atoms with Crippen LogP contribution in [0.3, 0.4) is 0 Å². The van der Waals surface area contributed by atoms with E-state index in [9.17, 15) is 0 Å². The van der Waals surface area contributed by atoms with Gasteiger partial charge in [-0.25, -0.2) is 9.97 Å². The number of hydrogen-bond acceptors (Lipinski definition) is 5. The number of aromatic nitrogens is 4. The first-order chi connectivity index (χ1) is 10.3. The van der Waals surface area contributed by atoms with Gasteiger partial charge in [-0.1, -0.05) is 0 Å². The van der Waals surface area contributed by atoms with Crippen molar-refractivity contribution in [2.45, 2.75) is 32.2 Å². The Kier molecular flexibility index (Phi) is 4.03. The standard InChI is InChI=1S/C15H21N5O/c1-3-20-11-13(10-18-20)12-4-8-19(9-5-12)14-15(21-2)17-7-6-16-14/h6-7,10-12H,3-5,8-9H2,1-2H3. The van der Waals surface area contributed by atoms with Crippen LogP contribution in [0.25, 0.3) is 0 Å². The lowest BCUT2D eigenvalue weighted by atomic mass is 9.91. The van der Waals surface area contributed by atoms with Gasteiger partial charge in [-0.15, -0.1) is 0 Å². The van der Waals surface area contributed by atoms with Gasteiger partial charge in [0, 0.05) is 38.2 Å². The Labute approximate surface area is 124 Å². The Balaban J connectivity index is 1.67. The number of methoxy groups -OCH3 is 1. The number of nitrogens with zero attached hydrogens (tertiary/aromatic N) is 5. The van der Waals surface area contributed by atoms with E-state index in [1.807, 2.05) is 10.9 Å². The number of aryl methyl sites for hydroxylation is 1. The molecule has 21 heavy (non-hydrogen) atoms. The van der Waals surface area contributed by atoms with E-state index in [0.29, 0.717) is 11.8 Å². The molecule has 0 amide bonds. The van der Waals surface area contributed by atoms with Crippen LogP contribution in [0.1, 0.15) is 31.2 Å². The van der Waals surface area contributed by atoms with E-state index in [0.717, 1.165) is 38.3 Å². The molecule has 0 radical (unpaired) electrons. The molecule has 112 valence electrons. The maximum atomic E-state index is 5.30. The molecule has 0 unspecified atom stereocenters. The van der Waals surface area contributed by atoms with Crippen LogP contribution >= 0.6 is 0 Å². The van der Waals surface area contributed by atoms with Crippen molar-refractivity contribution in [3.8, 4) is 5.88 Å². The second kappa shape index (κ2) is 6.11. The first-order valence-electron chi connectivity index (χ1n) is 7.44. The summed E-state index contributed by atoms with van der Waals surface area (Å²) in [6.07, 6.45) is 9.77. The van der Waals surface area contributed by atoms with E-state index >= 15 is 0 Å². The van der Waals surface area contributed by atoms with E-state index in [4.69, 9.17) is 4.74 Å². The highest BCUT2D eigenvalue weighted by molar-refractivity contribution is 5.48. The highest BCUT2D eigenvalue weighted by Crippen LogP contribution is 2.32. The highest BCUT2D eigenvalue weighted by atomic mass is 16.5. The molecule has 0 bridgehead atoms. The number of rotatable bonds is 4. The van der Waals surface area contributed by atoms with Gasteiger partial charge in [-0.2, -0.15) is 5.10 Å². The molecule has 0 N–H and O–H groups in total. The van der Waals surface area contributed by atoms with Crippen molar-refractivity contribution < 1.29 is 4.74 Å². The fraction of sp³-hybridized carbons (Fsp3) is 0.533. The summed E-state index contributed by atoms with van der Waals surface area (Å²) in [5, 5.41) is 4.38. The van der Waals surface area contributed by atoms with Crippen LogP contribution in [0.15, 0.2) is 24.8 Å². The molecular weight excluding hydrogens is 266 g/mol. The summed E-state index contributed by atoms with van der Waals surface area (Å²) in [6.45, 7) is 4.98. The van der Waals surface area contributed by atoms with Gasteiger partial charge in [0.05, 0.1) is 13.3 Å². The summed E-state index contributed by atoms with van der Waals surface area (Å²) < 4.78 is 7.29. The number of anilines is 1. The molecule has 0 aliphatic carbocycles. The fourth-order valence-electron chi connectivity index (χ4n) is 2.87. The van der Waals surface area contributed by atoms with Crippen molar-refractivity contribution >= 4 is 5.82 Å². The van der Waals surface area contributed by atoms with Crippen molar-refractivity contribution in [3.63, 3.8) is 0 Å². The molecule has 0 spiro atoms. The average Bonchev–Trinajstić information content (AvgIpc) is 3.04. The summed E-state index contributed by atoms with van der Waals surface area (Å²) in [6, 6.07) is 0. The lowest BCUT2D eigenvalue weighted by Gasteiger charge is -2.32. The van der Waals surface area contributed by atoms with Gasteiger partial charge in [0.1, 0.15) is 0 Å². The van der Waals surface area contributed by atoms with Crippen molar-refractivity contribution in [2.24, 2.45) is 0 Å². The van der Waals surface area contributed by atoms with Crippen LogP contribution in [0.4, 0.5) is 5.82 Å². The summed E-state index contributed by atoms with van der Waals surface area (Å²) >= 11 is 0. The third-order valence-electron chi connectivity index (χ3n) is 4.08. The van der Waals surface area contributed by atoms with Crippen LogP contribution in [-0.2, 0) is 6.54 Å². The molecule has 1 saturated heterocycles. The molecule has 0 saturated carbocycles. The Morgan fingerprint density at radius 2 is 2.00 bits per heavy atom. The summed E-state index contributed by atoms with van der Waals surface area (Å²) in [5.41, 5.74) is 1.35. The third kappa shape index (κ3) is 2.84. The van der Waals surface area contributed by atoms with Crippen LogP contribution in [0.5, 0.6) is 5.88 Å². The van der Waals surface area contributed by atoms with Gasteiger partial charge >= 0.3 is 0 Å². The predicted octanol–water partition coefficient (Wildman–Crippen LogP) is 2.09.